The molecule has 0 aliphatic carbocycles. The monoisotopic (exact) mass is 342 g/mol. The average Bonchev–Trinajstić information content (AvgIpc) is 2.51. The van der Waals surface area contributed by atoms with E-state index in [0.29, 0.717) is 11.3 Å². The Bertz CT molecular complexity index is 745. The number of alkyl halides is 3. The van der Waals surface area contributed by atoms with Crippen LogP contribution in [0.5, 0.6) is 5.75 Å². The molecule has 0 atom stereocenters. The van der Waals surface area contributed by atoms with E-state index < -0.39 is 17.7 Å². The molecule has 0 N–H and O–H groups in total. The van der Waals surface area contributed by atoms with Crippen molar-refractivity contribution in [1.82, 2.24) is 4.98 Å². The summed E-state index contributed by atoms with van der Waals surface area (Å²) in [5.74, 6) is -0.240. The van der Waals surface area contributed by atoms with E-state index >= 15 is 0 Å². The molecule has 0 bridgehead atoms. The maximum absolute atomic E-state index is 13.7. The lowest BCUT2D eigenvalue weighted by atomic mass is 10.2. The zero-order valence-electron chi connectivity index (χ0n) is 12.9. The standard InChI is InChI=1S/C16H14F4N2O2/c1-10-6-11(22-15(7-10)16(18,19)20)8-21-24-9-12-13(17)4-3-5-14(12)23-2/h3-8H,9H2,1-2H3. The molecule has 1 aromatic heterocycles. The van der Waals surface area contributed by atoms with Gasteiger partial charge in [-0.2, -0.15) is 13.2 Å². The highest BCUT2D eigenvalue weighted by atomic mass is 19.4. The molecule has 0 amide bonds. The van der Waals surface area contributed by atoms with E-state index in [1.54, 1.807) is 6.07 Å². The van der Waals surface area contributed by atoms with Crippen molar-refractivity contribution >= 4 is 6.21 Å². The molecule has 128 valence electrons. The summed E-state index contributed by atoms with van der Waals surface area (Å²) >= 11 is 0. The normalized spacial score (nSPS) is 11.8. The Hall–Kier alpha value is -2.64. The fourth-order valence-corrected chi connectivity index (χ4v) is 1.97. The van der Waals surface area contributed by atoms with E-state index in [1.165, 1.54) is 32.2 Å². The number of halogens is 4. The van der Waals surface area contributed by atoms with Crippen LogP contribution in [0.4, 0.5) is 17.6 Å². The van der Waals surface area contributed by atoms with Gasteiger partial charge in [0.1, 0.15) is 23.9 Å². The Morgan fingerprint density at radius 2 is 2.00 bits per heavy atom. The average molecular weight is 342 g/mol. The molecule has 0 aliphatic rings. The maximum Gasteiger partial charge on any atom is 0.433 e. The lowest BCUT2D eigenvalue weighted by Crippen LogP contribution is -2.10. The van der Waals surface area contributed by atoms with Gasteiger partial charge in [-0.25, -0.2) is 9.37 Å². The van der Waals surface area contributed by atoms with Gasteiger partial charge in [0, 0.05) is 0 Å². The molecule has 0 saturated heterocycles. The van der Waals surface area contributed by atoms with Crippen molar-refractivity contribution < 1.29 is 27.1 Å². The largest absolute Gasteiger partial charge is 0.496 e. The van der Waals surface area contributed by atoms with E-state index in [9.17, 15) is 17.6 Å². The number of aromatic nitrogens is 1. The van der Waals surface area contributed by atoms with Gasteiger partial charge in [-0.15, -0.1) is 0 Å². The van der Waals surface area contributed by atoms with Crippen molar-refractivity contribution in [3.05, 3.63) is 58.7 Å². The molecule has 4 nitrogen and oxygen atoms in total. The topological polar surface area (TPSA) is 43.7 Å². The SMILES string of the molecule is COc1cccc(F)c1CON=Cc1cc(C)cc(C(F)(F)F)n1. The van der Waals surface area contributed by atoms with Crippen molar-refractivity contribution in [3.63, 3.8) is 0 Å². The quantitative estimate of drug-likeness (QED) is 0.467. The van der Waals surface area contributed by atoms with Crippen LogP contribution in [0, 0.1) is 12.7 Å². The molecule has 8 heteroatoms. The second kappa shape index (κ2) is 7.29. The van der Waals surface area contributed by atoms with Crippen molar-refractivity contribution in [3.8, 4) is 5.75 Å². The predicted octanol–water partition coefficient (Wildman–Crippen LogP) is 4.11. The van der Waals surface area contributed by atoms with Gasteiger partial charge >= 0.3 is 6.18 Å². The molecule has 0 aliphatic heterocycles. The minimum atomic E-state index is -4.55. The molecule has 0 fully saturated rings. The third-order valence-electron chi connectivity index (χ3n) is 3.04. The number of pyridine rings is 1. The number of ether oxygens (including phenoxy) is 1. The second-order valence-electron chi connectivity index (χ2n) is 4.88. The van der Waals surface area contributed by atoms with E-state index in [1.807, 2.05) is 0 Å². The fourth-order valence-electron chi connectivity index (χ4n) is 1.97. The number of oxime groups is 1. The van der Waals surface area contributed by atoms with Gasteiger partial charge in [0.05, 0.1) is 24.6 Å². The summed E-state index contributed by atoms with van der Waals surface area (Å²) in [5, 5.41) is 3.54. The van der Waals surface area contributed by atoms with Crippen molar-refractivity contribution in [1.29, 1.82) is 0 Å². The van der Waals surface area contributed by atoms with Crippen LogP contribution in [0.2, 0.25) is 0 Å². The lowest BCUT2D eigenvalue weighted by molar-refractivity contribution is -0.141. The third-order valence-corrected chi connectivity index (χ3v) is 3.04. The summed E-state index contributed by atoms with van der Waals surface area (Å²) in [5.41, 5.74) is -0.484. The van der Waals surface area contributed by atoms with Crippen molar-refractivity contribution in [2.45, 2.75) is 19.7 Å². The number of benzene rings is 1. The summed E-state index contributed by atoms with van der Waals surface area (Å²) in [6.45, 7) is 1.28. The Kier molecular flexibility index (Phi) is 5.38. The first kappa shape index (κ1) is 17.7. The molecule has 0 unspecified atom stereocenters. The summed E-state index contributed by atoms with van der Waals surface area (Å²) in [6, 6.07) is 6.64. The summed E-state index contributed by atoms with van der Waals surface area (Å²) in [7, 11) is 1.39. The van der Waals surface area contributed by atoms with Crippen LogP contribution >= 0.6 is 0 Å². The van der Waals surface area contributed by atoms with Crippen LogP contribution < -0.4 is 4.74 Å². The van der Waals surface area contributed by atoms with Crippen molar-refractivity contribution in [2.75, 3.05) is 7.11 Å². The van der Waals surface area contributed by atoms with Gasteiger partial charge in [-0.1, -0.05) is 11.2 Å². The summed E-state index contributed by atoms with van der Waals surface area (Å²) in [6.07, 6.45) is -3.51. The molecular formula is C16H14F4N2O2. The third kappa shape index (κ3) is 4.43. The smallest absolute Gasteiger partial charge is 0.433 e. The molecule has 24 heavy (non-hydrogen) atoms. The zero-order valence-corrected chi connectivity index (χ0v) is 12.9. The first-order valence-electron chi connectivity index (χ1n) is 6.84. The van der Waals surface area contributed by atoms with Gasteiger partial charge in [0.25, 0.3) is 0 Å². The van der Waals surface area contributed by atoms with Crippen molar-refractivity contribution in [2.24, 2.45) is 5.16 Å². The van der Waals surface area contributed by atoms with Gasteiger partial charge in [0.15, 0.2) is 0 Å². The van der Waals surface area contributed by atoms with Gasteiger partial charge in [0.2, 0.25) is 0 Å². The number of methoxy groups -OCH3 is 1. The van der Waals surface area contributed by atoms with E-state index in [2.05, 4.69) is 10.1 Å². The van der Waals surface area contributed by atoms with Gasteiger partial charge < -0.3 is 9.57 Å². The minimum Gasteiger partial charge on any atom is -0.496 e. The van der Waals surface area contributed by atoms with Crippen LogP contribution in [0.15, 0.2) is 35.5 Å². The molecule has 2 rings (SSSR count). The first-order valence-corrected chi connectivity index (χ1v) is 6.84. The maximum atomic E-state index is 13.7. The predicted molar refractivity (Wildman–Crippen MR) is 79.3 cm³/mol. The number of aryl methyl sites for hydroxylation is 1. The molecular weight excluding hydrogens is 328 g/mol. The molecule has 1 heterocycles. The van der Waals surface area contributed by atoms with Crippen LogP contribution in [0.25, 0.3) is 0 Å². The molecule has 0 saturated carbocycles. The van der Waals surface area contributed by atoms with Gasteiger partial charge in [-0.05, 0) is 36.8 Å². The fraction of sp³-hybridized carbons (Fsp3) is 0.250. The highest BCUT2D eigenvalue weighted by molar-refractivity contribution is 5.76. The Balaban J connectivity index is 2.09. The summed E-state index contributed by atoms with van der Waals surface area (Å²) < 4.78 is 56.8. The highest BCUT2D eigenvalue weighted by Gasteiger charge is 2.32. The van der Waals surface area contributed by atoms with Crippen LogP contribution in [-0.4, -0.2) is 18.3 Å². The van der Waals surface area contributed by atoms with E-state index in [-0.39, 0.29) is 17.9 Å². The minimum absolute atomic E-state index is 0.0113. The molecule has 2 aromatic rings. The van der Waals surface area contributed by atoms with Gasteiger partial charge in [-0.3, -0.25) is 0 Å². The van der Waals surface area contributed by atoms with Crippen LogP contribution in [-0.2, 0) is 17.6 Å². The lowest BCUT2D eigenvalue weighted by Gasteiger charge is -2.08. The van der Waals surface area contributed by atoms with E-state index in [0.717, 1.165) is 12.3 Å². The zero-order chi connectivity index (χ0) is 17.7. The van der Waals surface area contributed by atoms with Crippen LogP contribution in [0.1, 0.15) is 22.5 Å². The number of nitrogens with zero attached hydrogens (tertiary/aromatic N) is 2. The molecule has 0 radical (unpaired) electrons. The number of hydrogen-bond donors (Lipinski definition) is 0. The molecule has 0 spiro atoms. The Labute approximate surface area is 135 Å². The number of hydrogen-bond acceptors (Lipinski definition) is 4. The Morgan fingerprint density at radius 3 is 2.67 bits per heavy atom. The molecule has 1 aromatic carbocycles. The van der Waals surface area contributed by atoms with Crippen LogP contribution in [0.3, 0.4) is 0 Å². The number of rotatable bonds is 5. The highest BCUT2D eigenvalue weighted by Crippen LogP contribution is 2.28. The summed E-state index contributed by atoms with van der Waals surface area (Å²) in [4.78, 5) is 8.39. The second-order valence-corrected chi connectivity index (χ2v) is 4.88. The Morgan fingerprint density at radius 1 is 1.25 bits per heavy atom. The van der Waals surface area contributed by atoms with E-state index in [4.69, 9.17) is 9.57 Å². The first-order chi connectivity index (χ1) is 11.3.